The Morgan fingerprint density at radius 2 is 1.75 bits per heavy atom. The maximum atomic E-state index is 12.2. The number of carbonyl (C=O) groups is 2. The number of rotatable bonds is 6. The molecule has 3 aromatic rings. The highest BCUT2D eigenvalue weighted by molar-refractivity contribution is 7.14. The van der Waals surface area contributed by atoms with E-state index in [-0.39, 0.29) is 12.5 Å². The van der Waals surface area contributed by atoms with Gasteiger partial charge >= 0.3 is 12.1 Å². The molecule has 0 spiro atoms. The normalized spacial score (nSPS) is 11.7. The summed E-state index contributed by atoms with van der Waals surface area (Å²) in [6, 6.07) is 16.4. The molecular formula is C25H22N2O4S. The summed E-state index contributed by atoms with van der Waals surface area (Å²) in [5.74, 6) is 5.47. The van der Waals surface area contributed by atoms with E-state index in [4.69, 9.17) is 9.47 Å². The first-order valence-electron chi connectivity index (χ1n) is 10.4. The summed E-state index contributed by atoms with van der Waals surface area (Å²) < 4.78 is 10.4. The van der Waals surface area contributed by atoms with Crippen LogP contribution in [0.2, 0.25) is 0 Å². The van der Waals surface area contributed by atoms with E-state index in [9.17, 15) is 9.59 Å². The van der Waals surface area contributed by atoms with Crippen LogP contribution in [0.3, 0.4) is 0 Å². The van der Waals surface area contributed by atoms with Gasteiger partial charge in [0.25, 0.3) is 0 Å². The van der Waals surface area contributed by atoms with Crippen molar-refractivity contribution in [2.75, 3.05) is 19.8 Å². The van der Waals surface area contributed by atoms with Crippen LogP contribution in [0.1, 0.15) is 45.1 Å². The number of esters is 1. The molecule has 0 saturated heterocycles. The third kappa shape index (κ3) is 4.82. The van der Waals surface area contributed by atoms with Crippen LogP contribution in [-0.2, 0) is 9.47 Å². The number of alkyl carbamates (subject to hydrolysis) is 1. The quantitative estimate of drug-likeness (QED) is 0.340. The number of carbonyl (C=O) groups excluding carboxylic acids is 2. The molecule has 32 heavy (non-hydrogen) atoms. The number of ether oxygens (including phenoxy) is 2. The zero-order valence-electron chi connectivity index (χ0n) is 17.6. The lowest BCUT2D eigenvalue weighted by molar-refractivity contribution is 0.0531. The molecule has 4 rings (SSSR count). The Morgan fingerprint density at radius 1 is 1.06 bits per heavy atom. The minimum atomic E-state index is -0.465. The van der Waals surface area contributed by atoms with E-state index in [0.29, 0.717) is 29.5 Å². The average molecular weight is 447 g/mol. The Balaban J connectivity index is 1.25. The standard InChI is InChI=1S/C25H22N2O4S/c1-2-30-24(28)22-15-27-23(32-22)13-7-8-14-26-25(29)31-16-21-19-11-5-3-9-17(19)18-10-4-6-12-20(18)21/h3-6,9-12,15,21H,2,8,14,16H2,1H3,(H,26,29). The van der Waals surface area contributed by atoms with Gasteiger partial charge in [-0.05, 0) is 35.1 Å². The van der Waals surface area contributed by atoms with Gasteiger partial charge in [-0.25, -0.2) is 14.6 Å². The summed E-state index contributed by atoms with van der Waals surface area (Å²) in [5.41, 5.74) is 4.75. The maximum absolute atomic E-state index is 12.2. The van der Waals surface area contributed by atoms with Crippen LogP contribution >= 0.6 is 11.3 Å². The van der Waals surface area contributed by atoms with Crippen molar-refractivity contribution in [3.05, 3.63) is 75.7 Å². The summed E-state index contributed by atoms with van der Waals surface area (Å²) in [5, 5.41) is 3.26. The van der Waals surface area contributed by atoms with Gasteiger partial charge in [0.15, 0.2) is 5.01 Å². The van der Waals surface area contributed by atoms with Crippen molar-refractivity contribution < 1.29 is 19.1 Å². The van der Waals surface area contributed by atoms with Gasteiger partial charge in [-0.1, -0.05) is 65.8 Å². The van der Waals surface area contributed by atoms with Crippen molar-refractivity contribution in [3.63, 3.8) is 0 Å². The summed E-state index contributed by atoms with van der Waals surface area (Å²) in [7, 11) is 0. The van der Waals surface area contributed by atoms with Crippen molar-refractivity contribution >= 4 is 23.4 Å². The highest BCUT2D eigenvalue weighted by Crippen LogP contribution is 2.44. The molecule has 1 aromatic heterocycles. The van der Waals surface area contributed by atoms with Gasteiger partial charge in [0, 0.05) is 18.9 Å². The molecule has 1 aliphatic rings. The smallest absolute Gasteiger partial charge is 0.407 e. The highest BCUT2D eigenvalue weighted by Gasteiger charge is 2.28. The Bertz CT molecular complexity index is 1150. The van der Waals surface area contributed by atoms with Crippen molar-refractivity contribution in [2.24, 2.45) is 0 Å². The largest absolute Gasteiger partial charge is 0.462 e. The second-order valence-corrected chi connectivity index (χ2v) is 8.08. The highest BCUT2D eigenvalue weighted by atomic mass is 32.1. The van der Waals surface area contributed by atoms with Crippen molar-refractivity contribution in [1.29, 1.82) is 0 Å². The molecule has 1 N–H and O–H groups in total. The third-order valence-corrected chi connectivity index (χ3v) is 5.93. The second-order valence-electron chi connectivity index (χ2n) is 7.05. The van der Waals surface area contributed by atoms with Crippen LogP contribution in [0.15, 0.2) is 54.7 Å². The summed E-state index contributed by atoms with van der Waals surface area (Å²) in [4.78, 5) is 28.3. The minimum Gasteiger partial charge on any atom is -0.462 e. The molecule has 6 nitrogen and oxygen atoms in total. The predicted octanol–water partition coefficient (Wildman–Crippen LogP) is 4.60. The van der Waals surface area contributed by atoms with Gasteiger partial charge in [-0.2, -0.15) is 0 Å². The fraction of sp³-hybridized carbons (Fsp3) is 0.240. The number of fused-ring (bicyclic) bond motifs is 3. The van der Waals surface area contributed by atoms with Crippen LogP contribution in [0.25, 0.3) is 11.1 Å². The molecular weight excluding hydrogens is 424 g/mol. The van der Waals surface area contributed by atoms with Crippen LogP contribution in [0.5, 0.6) is 0 Å². The van der Waals surface area contributed by atoms with Gasteiger partial charge in [0.1, 0.15) is 11.5 Å². The zero-order valence-corrected chi connectivity index (χ0v) is 18.4. The molecule has 2 aromatic carbocycles. The lowest BCUT2D eigenvalue weighted by Gasteiger charge is -2.14. The fourth-order valence-corrected chi connectivity index (χ4v) is 4.33. The van der Waals surface area contributed by atoms with E-state index in [2.05, 4.69) is 46.4 Å². The number of nitrogens with zero attached hydrogens (tertiary/aromatic N) is 1. The van der Waals surface area contributed by atoms with Gasteiger partial charge in [-0.3, -0.25) is 0 Å². The topological polar surface area (TPSA) is 77.5 Å². The molecule has 0 radical (unpaired) electrons. The molecule has 7 heteroatoms. The van der Waals surface area contributed by atoms with Crippen molar-refractivity contribution in [3.8, 4) is 23.0 Å². The van der Waals surface area contributed by atoms with E-state index in [1.165, 1.54) is 39.8 Å². The second kappa shape index (κ2) is 10.1. The van der Waals surface area contributed by atoms with Gasteiger partial charge in [-0.15, -0.1) is 0 Å². The fourth-order valence-electron chi connectivity index (χ4n) is 3.64. The number of hydrogen-bond donors (Lipinski definition) is 1. The number of hydrogen-bond acceptors (Lipinski definition) is 6. The van der Waals surface area contributed by atoms with E-state index < -0.39 is 12.1 Å². The predicted molar refractivity (Wildman–Crippen MR) is 123 cm³/mol. The molecule has 162 valence electrons. The van der Waals surface area contributed by atoms with Crippen LogP contribution < -0.4 is 5.32 Å². The van der Waals surface area contributed by atoms with Crippen LogP contribution in [0.4, 0.5) is 4.79 Å². The molecule has 0 aliphatic heterocycles. The average Bonchev–Trinajstić information content (AvgIpc) is 3.41. The molecule has 1 aliphatic carbocycles. The number of amides is 1. The van der Waals surface area contributed by atoms with Crippen molar-refractivity contribution in [2.45, 2.75) is 19.3 Å². The first-order chi connectivity index (χ1) is 15.7. The Kier molecular flexibility index (Phi) is 6.83. The van der Waals surface area contributed by atoms with Crippen LogP contribution in [0, 0.1) is 11.8 Å². The molecule has 0 fully saturated rings. The lowest BCUT2D eigenvalue weighted by atomic mass is 9.98. The van der Waals surface area contributed by atoms with Crippen LogP contribution in [-0.4, -0.2) is 36.8 Å². The van der Waals surface area contributed by atoms with E-state index in [0.717, 1.165) is 0 Å². The number of nitrogens with one attached hydrogen (secondary N) is 1. The molecule has 0 atom stereocenters. The Hall–Kier alpha value is -3.63. The summed E-state index contributed by atoms with van der Waals surface area (Å²) >= 11 is 1.19. The van der Waals surface area contributed by atoms with Crippen molar-refractivity contribution in [1.82, 2.24) is 10.3 Å². The van der Waals surface area contributed by atoms with Gasteiger partial charge in [0.2, 0.25) is 0 Å². The summed E-state index contributed by atoms with van der Waals surface area (Å²) in [6.07, 6.45) is 1.44. The Morgan fingerprint density at radius 3 is 2.44 bits per heavy atom. The number of aromatic nitrogens is 1. The third-order valence-electron chi connectivity index (χ3n) is 5.04. The lowest BCUT2D eigenvalue weighted by Crippen LogP contribution is -2.26. The molecule has 0 saturated carbocycles. The first-order valence-corrected chi connectivity index (χ1v) is 11.2. The van der Waals surface area contributed by atoms with Gasteiger partial charge < -0.3 is 14.8 Å². The Labute approximate surface area is 190 Å². The van der Waals surface area contributed by atoms with Gasteiger partial charge in [0.05, 0.1) is 12.8 Å². The maximum Gasteiger partial charge on any atom is 0.407 e. The monoisotopic (exact) mass is 446 g/mol. The molecule has 0 bridgehead atoms. The first kappa shape index (κ1) is 21.6. The van der Waals surface area contributed by atoms with E-state index >= 15 is 0 Å². The SMILES string of the molecule is CCOC(=O)c1cnc(C#CCCNC(=O)OCC2c3ccccc3-c3ccccc32)s1. The molecule has 1 amide bonds. The number of benzene rings is 2. The summed E-state index contributed by atoms with van der Waals surface area (Å²) in [6.45, 7) is 2.71. The molecule has 1 heterocycles. The minimum absolute atomic E-state index is 0.0337. The van der Waals surface area contributed by atoms with E-state index in [1.807, 2.05) is 24.3 Å². The molecule has 0 unspecified atom stereocenters. The zero-order chi connectivity index (χ0) is 22.3. The van der Waals surface area contributed by atoms with E-state index in [1.54, 1.807) is 6.92 Å². The number of thiazole rings is 1.